The molecule has 2 aromatic heterocycles. The van der Waals surface area contributed by atoms with E-state index in [1.165, 1.54) is 0 Å². The highest BCUT2D eigenvalue weighted by molar-refractivity contribution is 5.44. The molecular weight excluding hydrogens is 334 g/mol. The van der Waals surface area contributed by atoms with Gasteiger partial charge in [-0.25, -0.2) is 9.97 Å². The summed E-state index contributed by atoms with van der Waals surface area (Å²) in [6.07, 6.45) is 2.21. The van der Waals surface area contributed by atoms with Crippen LogP contribution in [0.25, 0.3) is 0 Å². The van der Waals surface area contributed by atoms with Crippen molar-refractivity contribution >= 4 is 11.8 Å². The number of methoxy groups -OCH3 is 1. The van der Waals surface area contributed by atoms with Crippen LogP contribution in [0.4, 0.5) is 11.8 Å². The number of aliphatic hydroxyl groups is 1. The molecule has 1 aliphatic rings. The Morgan fingerprint density at radius 3 is 2.54 bits per heavy atom. The summed E-state index contributed by atoms with van der Waals surface area (Å²) in [5, 5.41) is 9.10. The summed E-state index contributed by atoms with van der Waals surface area (Å²) in [4.78, 5) is 26.3. The fraction of sp³-hybridized carbons (Fsp3) is 0.588. The van der Waals surface area contributed by atoms with Gasteiger partial charge < -0.3 is 19.6 Å². The van der Waals surface area contributed by atoms with Gasteiger partial charge in [-0.2, -0.15) is 15.0 Å². The van der Waals surface area contributed by atoms with Crippen LogP contribution in [0.1, 0.15) is 25.5 Å². The van der Waals surface area contributed by atoms with Gasteiger partial charge in [-0.05, 0) is 26.8 Å². The first-order valence-corrected chi connectivity index (χ1v) is 8.74. The Morgan fingerprint density at radius 1 is 1.15 bits per heavy atom. The zero-order valence-electron chi connectivity index (χ0n) is 15.6. The number of aliphatic hydroxyl groups excluding tert-OH is 1. The number of piperazine rings is 1. The van der Waals surface area contributed by atoms with Gasteiger partial charge in [0, 0.05) is 37.8 Å². The lowest BCUT2D eigenvalue weighted by molar-refractivity contribution is 0.296. The maximum absolute atomic E-state index is 9.10. The van der Waals surface area contributed by atoms with Crippen molar-refractivity contribution in [1.82, 2.24) is 24.9 Å². The van der Waals surface area contributed by atoms with Crippen molar-refractivity contribution < 1.29 is 9.84 Å². The first-order chi connectivity index (χ1) is 12.5. The normalized spacial score (nSPS) is 20.3. The van der Waals surface area contributed by atoms with E-state index in [1.54, 1.807) is 13.3 Å². The van der Waals surface area contributed by atoms with Crippen molar-refractivity contribution in [2.75, 3.05) is 36.6 Å². The molecule has 1 N–H and O–H groups in total. The van der Waals surface area contributed by atoms with Crippen molar-refractivity contribution in [1.29, 1.82) is 0 Å². The topological polar surface area (TPSA) is 100 Å². The SMILES string of the molecule is COc1nc(C)nc(N2[C@H](C)CN(c3ccnc(CCO)n3)C[C@@H]2C)n1. The van der Waals surface area contributed by atoms with E-state index in [0.29, 0.717) is 30.0 Å². The Hall–Kier alpha value is -2.55. The van der Waals surface area contributed by atoms with Crippen molar-refractivity contribution in [2.24, 2.45) is 0 Å². The Balaban J connectivity index is 1.81. The van der Waals surface area contributed by atoms with Crippen LogP contribution in [0, 0.1) is 6.92 Å². The molecule has 26 heavy (non-hydrogen) atoms. The highest BCUT2D eigenvalue weighted by atomic mass is 16.5. The monoisotopic (exact) mass is 359 g/mol. The molecule has 3 rings (SSSR count). The Kier molecular flexibility index (Phi) is 5.46. The minimum absolute atomic E-state index is 0.0462. The second kappa shape index (κ2) is 7.77. The molecular formula is C17H25N7O2. The number of rotatable bonds is 5. The molecule has 3 heterocycles. The lowest BCUT2D eigenvalue weighted by Crippen LogP contribution is -2.58. The summed E-state index contributed by atoms with van der Waals surface area (Å²) in [5.41, 5.74) is 0. The quantitative estimate of drug-likeness (QED) is 0.823. The molecule has 0 radical (unpaired) electrons. The molecule has 1 aliphatic heterocycles. The van der Waals surface area contributed by atoms with Gasteiger partial charge in [0.1, 0.15) is 17.5 Å². The van der Waals surface area contributed by atoms with Crippen LogP contribution in [0.2, 0.25) is 0 Å². The minimum Gasteiger partial charge on any atom is -0.467 e. The zero-order valence-corrected chi connectivity index (χ0v) is 15.6. The van der Waals surface area contributed by atoms with Crippen LogP contribution in [-0.2, 0) is 6.42 Å². The molecule has 0 aromatic carbocycles. The summed E-state index contributed by atoms with van der Waals surface area (Å²) >= 11 is 0. The number of hydrogen-bond acceptors (Lipinski definition) is 9. The number of ether oxygens (including phenoxy) is 1. The van der Waals surface area contributed by atoms with E-state index >= 15 is 0 Å². The van der Waals surface area contributed by atoms with E-state index in [0.717, 1.165) is 18.9 Å². The highest BCUT2D eigenvalue weighted by Gasteiger charge is 2.32. The second-order valence-electron chi connectivity index (χ2n) is 6.48. The third-order valence-corrected chi connectivity index (χ3v) is 4.40. The second-order valence-corrected chi connectivity index (χ2v) is 6.48. The van der Waals surface area contributed by atoms with Crippen molar-refractivity contribution in [3.63, 3.8) is 0 Å². The number of hydrogen-bond donors (Lipinski definition) is 1. The Bertz CT molecular complexity index is 746. The lowest BCUT2D eigenvalue weighted by atomic mass is 10.1. The number of aryl methyl sites for hydroxylation is 1. The zero-order chi connectivity index (χ0) is 18.7. The van der Waals surface area contributed by atoms with E-state index in [9.17, 15) is 0 Å². The van der Waals surface area contributed by atoms with Crippen molar-refractivity contribution in [2.45, 2.75) is 39.3 Å². The van der Waals surface area contributed by atoms with Crippen LogP contribution in [0.3, 0.4) is 0 Å². The summed E-state index contributed by atoms with van der Waals surface area (Å²) in [7, 11) is 1.56. The number of aromatic nitrogens is 5. The summed E-state index contributed by atoms with van der Waals surface area (Å²) in [6, 6.07) is 2.60. The van der Waals surface area contributed by atoms with E-state index in [4.69, 9.17) is 9.84 Å². The molecule has 9 nitrogen and oxygen atoms in total. The molecule has 0 bridgehead atoms. The summed E-state index contributed by atoms with van der Waals surface area (Å²) < 4.78 is 5.19. The van der Waals surface area contributed by atoms with Gasteiger partial charge in [0.15, 0.2) is 0 Å². The third-order valence-electron chi connectivity index (χ3n) is 4.40. The van der Waals surface area contributed by atoms with Gasteiger partial charge in [-0.15, -0.1) is 0 Å². The van der Waals surface area contributed by atoms with Gasteiger partial charge in [0.05, 0.1) is 13.7 Å². The maximum Gasteiger partial charge on any atom is 0.321 e. The van der Waals surface area contributed by atoms with Gasteiger partial charge in [-0.3, -0.25) is 0 Å². The Labute approximate surface area is 153 Å². The molecule has 9 heteroatoms. The average Bonchev–Trinajstić information content (AvgIpc) is 2.61. The first-order valence-electron chi connectivity index (χ1n) is 8.74. The van der Waals surface area contributed by atoms with E-state index in [1.807, 2.05) is 13.0 Å². The van der Waals surface area contributed by atoms with Crippen molar-refractivity contribution in [3.8, 4) is 6.01 Å². The number of anilines is 2. The first kappa shape index (κ1) is 18.2. The summed E-state index contributed by atoms with van der Waals surface area (Å²) in [5.74, 6) is 2.81. The molecule has 140 valence electrons. The van der Waals surface area contributed by atoms with E-state index in [2.05, 4.69) is 48.6 Å². The molecule has 2 aromatic rings. The predicted octanol–water partition coefficient (Wildman–Crippen LogP) is 0.617. The van der Waals surface area contributed by atoms with Crippen LogP contribution in [0.15, 0.2) is 12.3 Å². The summed E-state index contributed by atoms with van der Waals surface area (Å²) in [6.45, 7) is 7.74. The predicted molar refractivity (Wildman–Crippen MR) is 97.6 cm³/mol. The standard InChI is InChI=1S/C17H25N7O2/c1-11-9-23(15-5-7-18-14(21-15)6-8-25)10-12(2)24(11)16-19-13(3)20-17(22-16)26-4/h5,7,11-12,25H,6,8-10H2,1-4H3/t11-,12+. The highest BCUT2D eigenvalue weighted by Crippen LogP contribution is 2.25. The van der Waals surface area contributed by atoms with E-state index < -0.39 is 0 Å². The third kappa shape index (κ3) is 3.82. The fourth-order valence-electron chi connectivity index (χ4n) is 3.34. The molecule has 0 spiro atoms. The molecule has 1 saturated heterocycles. The van der Waals surface area contributed by atoms with Gasteiger partial charge in [-0.1, -0.05) is 0 Å². The largest absolute Gasteiger partial charge is 0.467 e. The maximum atomic E-state index is 9.10. The van der Waals surface area contributed by atoms with Gasteiger partial charge in [0.25, 0.3) is 0 Å². The van der Waals surface area contributed by atoms with Crippen LogP contribution >= 0.6 is 0 Å². The average molecular weight is 359 g/mol. The Morgan fingerprint density at radius 2 is 1.88 bits per heavy atom. The fourth-order valence-corrected chi connectivity index (χ4v) is 3.34. The molecule has 0 amide bonds. The van der Waals surface area contributed by atoms with Crippen LogP contribution in [0.5, 0.6) is 6.01 Å². The van der Waals surface area contributed by atoms with Crippen LogP contribution in [-0.4, -0.2) is 68.9 Å². The number of nitrogens with zero attached hydrogens (tertiary/aromatic N) is 7. The minimum atomic E-state index is 0.0462. The molecule has 1 fully saturated rings. The molecule has 0 unspecified atom stereocenters. The van der Waals surface area contributed by atoms with Gasteiger partial charge in [0.2, 0.25) is 5.95 Å². The van der Waals surface area contributed by atoms with E-state index in [-0.39, 0.29) is 18.7 Å². The van der Waals surface area contributed by atoms with Crippen LogP contribution < -0.4 is 14.5 Å². The molecule has 2 atom stereocenters. The molecule has 0 aliphatic carbocycles. The van der Waals surface area contributed by atoms with Crippen molar-refractivity contribution in [3.05, 3.63) is 23.9 Å². The smallest absolute Gasteiger partial charge is 0.321 e. The lowest BCUT2D eigenvalue weighted by Gasteiger charge is -2.44. The molecule has 0 saturated carbocycles. The van der Waals surface area contributed by atoms with Gasteiger partial charge >= 0.3 is 6.01 Å².